The molecule has 1 heterocycles. The Morgan fingerprint density at radius 1 is 1.25 bits per heavy atom. The summed E-state index contributed by atoms with van der Waals surface area (Å²) in [6.07, 6.45) is 3.99. The summed E-state index contributed by atoms with van der Waals surface area (Å²) in [6.45, 7) is 4.56. The van der Waals surface area contributed by atoms with Crippen LogP contribution in [0.5, 0.6) is 0 Å². The summed E-state index contributed by atoms with van der Waals surface area (Å²) in [5, 5.41) is 11.7. The van der Waals surface area contributed by atoms with E-state index in [0.717, 1.165) is 23.0 Å². The van der Waals surface area contributed by atoms with Gasteiger partial charge in [0.15, 0.2) is 0 Å². The second kappa shape index (κ2) is 5.17. The highest BCUT2D eigenvalue weighted by Crippen LogP contribution is 2.44. The number of benzene rings is 1. The van der Waals surface area contributed by atoms with E-state index in [9.17, 15) is 5.11 Å². The van der Waals surface area contributed by atoms with E-state index in [4.69, 9.17) is 0 Å². The molecule has 2 heteroatoms. The molecule has 0 aliphatic heterocycles. The predicted octanol–water partition coefficient (Wildman–Crippen LogP) is 3.96. The molecule has 0 saturated heterocycles. The van der Waals surface area contributed by atoms with Crippen molar-refractivity contribution < 1.29 is 5.11 Å². The van der Waals surface area contributed by atoms with E-state index in [1.807, 2.05) is 24.3 Å². The number of nitrogens with zero attached hydrogens (tertiary/aromatic N) is 1. The average molecular weight is 269 g/mol. The number of aromatic nitrogens is 1. The topological polar surface area (TPSA) is 33.1 Å². The Hall–Kier alpha value is -1.41. The van der Waals surface area contributed by atoms with Gasteiger partial charge in [0.1, 0.15) is 0 Å². The highest BCUT2D eigenvalue weighted by molar-refractivity contribution is 5.78. The van der Waals surface area contributed by atoms with Crippen LogP contribution in [0.3, 0.4) is 0 Å². The molecule has 2 aromatic rings. The average Bonchev–Trinajstić information content (AvgIpc) is 2.78. The first-order chi connectivity index (χ1) is 9.56. The van der Waals surface area contributed by atoms with Gasteiger partial charge in [-0.05, 0) is 36.3 Å². The Labute approximate surface area is 120 Å². The van der Waals surface area contributed by atoms with Gasteiger partial charge in [-0.15, -0.1) is 0 Å². The smallest absolute Gasteiger partial charge is 0.0705 e. The van der Waals surface area contributed by atoms with E-state index in [0.29, 0.717) is 12.3 Å². The lowest BCUT2D eigenvalue weighted by Crippen LogP contribution is -2.31. The fraction of sp³-hybridized carbons (Fsp3) is 0.500. The Morgan fingerprint density at radius 3 is 2.80 bits per heavy atom. The first-order valence-electron chi connectivity index (χ1n) is 7.59. The summed E-state index contributed by atoms with van der Waals surface area (Å²) in [5.74, 6) is 0.399. The third-order valence-corrected chi connectivity index (χ3v) is 4.88. The van der Waals surface area contributed by atoms with Gasteiger partial charge in [-0.3, -0.25) is 4.98 Å². The summed E-state index contributed by atoms with van der Waals surface area (Å²) in [6, 6.07) is 12.3. The molecule has 106 valence electrons. The zero-order valence-electron chi connectivity index (χ0n) is 12.3. The first kappa shape index (κ1) is 13.6. The number of hydrogen-bond acceptors (Lipinski definition) is 2. The fourth-order valence-corrected chi connectivity index (χ4v) is 3.65. The minimum atomic E-state index is -0.277. The summed E-state index contributed by atoms with van der Waals surface area (Å²) >= 11 is 0. The second-order valence-corrected chi connectivity index (χ2v) is 6.75. The number of rotatable bonds is 3. The van der Waals surface area contributed by atoms with Crippen molar-refractivity contribution in [3.8, 4) is 0 Å². The molecule has 1 N–H and O–H groups in total. The number of hydrogen-bond donors (Lipinski definition) is 1. The van der Waals surface area contributed by atoms with Crippen molar-refractivity contribution in [3.63, 3.8) is 0 Å². The van der Waals surface area contributed by atoms with Crippen LogP contribution in [0, 0.1) is 11.3 Å². The van der Waals surface area contributed by atoms with Crippen molar-refractivity contribution in [1.29, 1.82) is 0 Å². The van der Waals surface area contributed by atoms with Crippen molar-refractivity contribution in [3.05, 3.63) is 42.1 Å². The van der Waals surface area contributed by atoms with Crippen molar-refractivity contribution in [2.24, 2.45) is 11.3 Å². The first-order valence-corrected chi connectivity index (χ1v) is 7.59. The van der Waals surface area contributed by atoms with Crippen molar-refractivity contribution >= 4 is 10.9 Å². The molecular formula is C18H23NO. The summed E-state index contributed by atoms with van der Waals surface area (Å²) < 4.78 is 0. The largest absolute Gasteiger partial charge is 0.392 e. The van der Waals surface area contributed by atoms with E-state index in [-0.39, 0.29) is 11.5 Å². The minimum absolute atomic E-state index is 0.260. The molecule has 1 fully saturated rings. The summed E-state index contributed by atoms with van der Waals surface area (Å²) in [4.78, 5) is 4.67. The summed E-state index contributed by atoms with van der Waals surface area (Å²) in [5.41, 5.74) is 2.28. The lowest BCUT2D eigenvalue weighted by molar-refractivity contribution is 0.0536. The van der Waals surface area contributed by atoms with Crippen LogP contribution < -0.4 is 0 Å². The molecule has 1 aromatic heterocycles. The number of pyridine rings is 1. The van der Waals surface area contributed by atoms with Gasteiger partial charge in [0.05, 0.1) is 11.6 Å². The van der Waals surface area contributed by atoms with Gasteiger partial charge in [0.25, 0.3) is 0 Å². The third kappa shape index (κ3) is 2.57. The van der Waals surface area contributed by atoms with Gasteiger partial charge >= 0.3 is 0 Å². The molecule has 2 nitrogen and oxygen atoms in total. The summed E-state index contributed by atoms with van der Waals surface area (Å²) in [7, 11) is 0. The standard InChI is InChI=1S/C18H23NO/c1-18(2)11-5-7-15(18)17(20)12-14-10-9-13-6-3-4-8-16(13)19-14/h3-4,6,8-10,15,17,20H,5,7,11-12H2,1-2H3. The van der Waals surface area contributed by atoms with E-state index in [1.54, 1.807) is 0 Å². The molecule has 1 saturated carbocycles. The molecule has 20 heavy (non-hydrogen) atoms. The molecule has 1 aromatic carbocycles. The molecule has 3 rings (SSSR count). The molecular weight excluding hydrogens is 246 g/mol. The molecule has 2 atom stereocenters. The second-order valence-electron chi connectivity index (χ2n) is 6.75. The maximum atomic E-state index is 10.6. The van der Waals surface area contributed by atoms with Crippen molar-refractivity contribution in [1.82, 2.24) is 4.98 Å². The number of fused-ring (bicyclic) bond motifs is 1. The normalized spacial score (nSPS) is 23.1. The Morgan fingerprint density at radius 2 is 2.05 bits per heavy atom. The van der Waals surface area contributed by atoms with E-state index in [2.05, 4.69) is 31.0 Å². The highest BCUT2D eigenvalue weighted by atomic mass is 16.3. The molecule has 1 aliphatic rings. The van der Waals surface area contributed by atoms with Gasteiger partial charge in [0.2, 0.25) is 0 Å². The fourth-order valence-electron chi connectivity index (χ4n) is 3.65. The molecule has 0 spiro atoms. The number of para-hydroxylation sites is 1. The van der Waals surface area contributed by atoms with Crippen LogP contribution in [-0.2, 0) is 6.42 Å². The van der Waals surface area contributed by atoms with Crippen LogP contribution in [0.2, 0.25) is 0 Å². The predicted molar refractivity (Wildman–Crippen MR) is 82.6 cm³/mol. The van der Waals surface area contributed by atoms with Crippen LogP contribution in [0.1, 0.15) is 38.8 Å². The van der Waals surface area contributed by atoms with E-state index < -0.39 is 0 Å². The van der Waals surface area contributed by atoms with Crippen molar-refractivity contribution in [2.45, 2.75) is 45.6 Å². The van der Waals surface area contributed by atoms with Gasteiger partial charge < -0.3 is 5.11 Å². The molecule has 0 bridgehead atoms. The van der Waals surface area contributed by atoms with Crippen LogP contribution in [0.4, 0.5) is 0 Å². The number of aliphatic hydroxyl groups excluding tert-OH is 1. The molecule has 0 amide bonds. The van der Waals surface area contributed by atoms with Gasteiger partial charge in [-0.2, -0.15) is 0 Å². The highest BCUT2D eigenvalue weighted by Gasteiger charge is 2.38. The maximum absolute atomic E-state index is 10.6. The van der Waals surface area contributed by atoms with Crippen LogP contribution in [-0.4, -0.2) is 16.2 Å². The SMILES string of the molecule is CC1(C)CCCC1C(O)Cc1ccc2ccccc2n1. The lowest BCUT2D eigenvalue weighted by Gasteiger charge is -2.31. The van der Waals surface area contributed by atoms with Crippen molar-refractivity contribution in [2.75, 3.05) is 0 Å². The molecule has 2 unspecified atom stereocenters. The maximum Gasteiger partial charge on any atom is 0.0705 e. The Balaban J connectivity index is 1.79. The van der Waals surface area contributed by atoms with Gasteiger partial charge in [-0.1, -0.05) is 44.5 Å². The van der Waals surface area contributed by atoms with Crippen LogP contribution in [0.15, 0.2) is 36.4 Å². The Kier molecular flexibility index (Phi) is 3.51. The zero-order chi connectivity index (χ0) is 14.2. The third-order valence-electron chi connectivity index (χ3n) is 4.88. The quantitative estimate of drug-likeness (QED) is 0.914. The van der Waals surface area contributed by atoms with Crippen LogP contribution in [0.25, 0.3) is 10.9 Å². The zero-order valence-corrected chi connectivity index (χ0v) is 12.3. The lowest BCUT2D eigenvalue weighted by atomic mass is 9.77. The van der Waals surface area contributed by atoms with Gasteiger partial charge in [-0.25, -0.2) is 0 Å². The molecule has 0 radical (unpaired) electrons. The van der Waals surface area contributed by atoms with Gasteiger partial charge in [0, 0.05) is 17.5 Å². The number of aliphatic hydroxyl groups is 1. The minimum Gasteiger partial charge on any atom is -0.392 e. The monoisotopic (exact) mass is 269 g/mol. The Bertz CT molecular complexity index is 605. The van der Waals surface area contributed by atoms with E-state index in [1.165, 1.54) is 12.8 Å². The molecule has 1 aliphatic carbocycles. The van der Waals surface area contributed by atoms with E-state index >= 15 is 0 Å². The van der Waals surface area contributed by atoms with Crippen LogP contribution >= 0.6 is 0 Å².